The molecule has 0 unspecified atom stereocenters. The van der Waals surface area contributed by atoms with Crippen molar-refractivity contribution in [1.29, 1.82) is 10.5 Å². The molecule has 0 amide bonds. The average molecular weight is 1270 g/mol. The average Bonchev–Trinajstić information content (AvgIpc) is 1.52. The third kappa shape index (κ3) is 8.85. The van der Waals surface area contributed by atoms with E-state index >= 15 is 0 Å². The molecule has 4 heteroatoms. The first-order valence-electron chi connectivity index (χ1n) is 34.1. The second-order valence-electron chi connectivity index (χ2n) is 26.5. The van der Waals surface area contributed by atoms with Gasteiger partial charge in [-0.15, -0.1) is 0 Å². The van der Waals surface area contributed by atoms with Crippen molar-refractivity contribution in [3.05, 3.63) is 351 Å². The Labute approximate surface area is 575 Å². The minimum absolute atomic E-state index is 0.669. The van der Waals surface area contributed by atoms with E-state index in [0.29, 0.717) is 11.1 Å². The highest BCUT2D eigenvalue weighted by Crippen LogP contribution is 2.47. The number of nitrogens with zero attached hydrogens (tertiary/aromatic N) is 4. The molecule has 460 valence electrons. The normalized spacial score (nSPS) is 11.8. The molecule has 21 aromatic rings. The van der Waals surface area contributed by atoms with Gasteiger partial charge in [0.25, 0.3) is 0 Å². The van der Waals surface area contributed by atoms with Crippen molar-refractivity contribution in [2.75, 3.05) is 0 Å². The lowest BCUT2D eigenvalue weighted by atomic mass is 9.87. The predicted octanol–water partition coefficient (Wildman–Crippen LogP) is 25.7. The molecular formula is C96H56N4. The highest BCUT2D eigenvalue weighted by atomic mass is 15.0. The second kappa shape index (κ2) is 22.5. The lowest BCUT2D eigenvalue weighted by Crippen LogP contribution is -1.94. The van der Waals surface area contributed by atoms with E-state index in [1.54, 1.807) is 0 Å². The van der Waals surface area contributed by atoms with Gasteiger partial charge in [0, 0.05) is 32.9 Å². The monoisotopic (exact) mass is 1260 g/mol. The number of nitriles is 2. The smallest absolute Gasteiger partial charge is 0.0992 e. The van der Waals surface area contributed by atoms with Gasteiger partial charge in [-0.05, 0) is 233 Å². The van der Waals surface area contributed by atoms with E-state index in [-0.39, 0.29) is 0 Å². The third-order valence-corrected chi connectivity index (χ3v) is 21.0. The number of benzene rings is 19. The Morgan fingerprint density at radius 3 is 0.910 bits per heavy atom. The van der Waals surface area contributed by atoms with Crippen LogP contribution in [-0.4, -0.2) is 9.13 Å². The van der Waals surface area contributed by atoms with Crippen LogP contribution >= 0.6 is 0 Å². The summed E-state index contributed by atoms with van der Waals surface area (Å²) in [5.41, 5.74) is 20.0. The number of aromatic nitrogens is 2. The molecule has 2 heterocycles. The van der Waals surface area contributed by atoms with E-state index in [1.807, 2.05) is 36.4 Å². The minimum Gasteiger partial charge on any atom is -0.309 e. The van der Waals surface area contributed by atoms with Crippen LogP contribution in [0.1, 0.15) is 11.1 Å². The Morgan fingerprint density at radius 1 is 0.190 bits per heavy atom. The summed E-state index contributed by atoms with van der Waals surface area (Å²) in [5.74, 6) is 0. The Morgan fingerprint density at radius 2 is 0.490 bits per heavy atom. The largest absolute Gasteiger partial charge is 0.309 e. The molecule has 4 nitrogen and oxygen atoms in total. The fourth-order valence-electron chi connectivity index (χ4n) is 16.5. The van der Waals surface area contributed by atoms with Gasteiger partial charge in [-0.25, -0.2) is 0 Å². The lowest BCUT2D eigenvalue weighted by Gasteiger charge is -2.16. The van der Waals surface area contributed by atoms with Crippen molar-refractivity contribution in [1.82, 2.24) is 9.13 Å². The van der Waals surface area contributed by atoms with E-state index in [2.05, 4.69) is 325 Å². The minimum atomic E-state index is 0.669. The molecule has 19 aromatic carbocycles. The maximum atomic E-state index is 9.89. The molecule has 100 heavy (non-hydrogen) atoms. The van der Waals surface area contributed by atoms with E-state index in [4.69, 9.17) is 0 Å². The summed E-state index contributed by atoms with van der Waals surface area (Å²) < 4.78 is 4.63. The van der Waals surface area contributed by atoms with Gasteiger partial charge in [0.05, 0.1) is 45.3 Å². The number of fused-ring (bicyclic) bond motifs is 10. The van der Waals surface area contributed by atoms with Crippen molar-refractivity contribution in [3.63, 3.8) is 0 Å². The zero-order valence-electron chi connectivity index (χ0n) is 54.1. The molecule has 0 saturated heterocycles. The molecule has 0 N–H and O–H groups in total. The molecule has 0 radical (unpaired) electrons. The van der Waals surface area contributed by atoms with Gasteiger partial charge < -0.3 is 9.13 Å². The standard InChI is InChI=1S/C51H30N2.C45H26N2/c52-31-32-25-36-23-24-37-27-38(28-49-51(37)50(36)48(26-32)53(49)39-13-5-2-6-14-39)33-19-21-35(22-20-33)45-30-47-42-17-9-7-15-40(42)44(34-11-3-1-4-12-34)29-46(47)43-18-10-8-16-41(43)45;46-27-28-22-32-18-19-33-24-34(25-43-45(33)44(32)42(23-28)47(43)35-9-2-1-3-10-35)29-14-16-31(17-15-29)40-26-41-36-11-5-4-8-30(36)20-21-39(41)37-12-6-7-13-38(37)40/h1-30H;1-26H. The topological polar surface area (TPSA) is 57.4 Å². The summed E-state index contributed by atoms with van der Waals surface area (Å²) in [5, 5.41) is 44.4. The van der Waals surface area contributed by atoms with Gasteiger partial charge in [-0.2, -0.15) is 10.5 Å². The third-order valence-electron chi connectivity index (χ3n) is 21.0. The number of hydrogen-bond acceptors (Lipinski definition) is 2. The van der Waals surface area contributed by atoms with Gasteiger partial charge in [-0.1, -0.05) is 249 Å². The molecule has 0 aliphatic carbocycles. The highest BCUT2D eigenvalue weighted by Gasteiger charge is 2.23. The van der Waals surface area contributed by atoms with Gasteiger partial charge in [0.2, 0.25) is 0 Å². The summed E-state index contributed by atoms with van der Waals surface area (Å²) >= 11 is 0. The molecule has 0 bridgehead atoms. The van der Waals surface area contributed by atoms with Gasteiger partial charge in [-0.3, -0.25) is 0 Å². The zero-order chi connectivity index (χ0) is 66.1. The molecule has 0 aliphatic rings. The Balaban J connectivity index is 0.000000136. The summed E-state index contributed by atoms with van der Waals surface area (Å²) in [6.07, 6.45) is 0. The summed E-state index contributed by atoms with van der Waals surface area (Å²) in [6, 6.07) is 127. The van der Waals surface area contributed by atoms with Crippen molar-refractivity contribution in [3.8, 4) is 79.1 Å². The summed E-state index contributed by atoms with van der Waals surface area (Å²) in [6.45, 7) is 0. The van der Waals surface area contributed by atoms with Gasteiger partial charge >= 0.3 is 0 Å². The Kier molecular flexibility index (Phi) is 12.7. The highest BCUT2D eigenvalue weighted by molar-refractivity contribution is 6.28. The van der Waals surface area contributed by atoms with Crippen molar-refractivity contribution in [2.45, 2.75) is 0 Å². The van der Waals surface area contributed by atoms with Crippen LogP contribution in [0.25, 0.3) is 197 Å². The first-order chi connectivity index (χ1) is 49.5. The first-order valence-corrected chi connectivity index (χ1v) is 34.1. The second-order valence-corrected chi connectivity index (χ2v) is 26.5. The fourth-order valence-corrected chi connectivity index (χ4v) is 16.5. The maximum Gasteiger partial charge on any atom is 0.0992 e. The molecule has 2 aromatic heterocycles. The SMILES string of the molecule is N#Cc1cc2ccc3cc(-c4ccc(-c5cc6c7ccccc7c(-c7ccccc7)cc6c6ccccc56)cc4)cc4c3c2c(c1)n4-c1ccccc1.N#Cc1cc2ccc3cc(-c4ccc(-c5cc6c7ccccc7ccc6c6ccccc56)cc4)cc4c3c2c(c1)n4-c1ccccc1. The number of para-hydroxylation sites is 2. The molecule has 21 rings (SSSR count). The predicted molar refractivity (Wildman–Crippen MR) is 421 cm³/mol. The number of hydrogen-bond donors (Lipinski definition) is 0. The fraction of sp³-hybridized carbons (Fsp3) is 0. The molecule has 0 aliphatic heterocycles. The molecular weight excluding hydrogens is 1210 g/mol. The molecule has 0 fully saturated rings. The van der Waals surface area contributed by atoms with E-state index in [1.165, 1.54) is 141 Å². The maximum absolute atomic E-state index is 9.89. The first kappa shape index (κ1) is 56.7. The van der Waals surface area contributed by atoms with E-state index in [0.717, 1.165) is 55.3 Å². The molecule has 0 saturated carbocycles. The van der Waals surface area contributed by atoms with Crippen LogP contribution in [0, 0.1) is 22.7 Å². The van der Waals surface area contributed by atoms with Gasteiger partial charge in [0.1, 0.15) is 0 Å². The zero-order valence-corrected chi connectivity index (χ0v) is 54.1. The van der Waals surface area contributed by atoms with Crippen LogP contribution in [0.3, 0.4) is 0 Å². The van der Waals surface area contributed by atoms with Gasteiger partial charge in [0.15, 0.2) is 0 Å². The van der Waals surface area contributed by atoms with Crippen molar-refractivity contribution >= 4 is 130 Å². The van der Waals surface area contributed by atoms with Crippen LogP contribution in [0.5, 0.6) is 0 Å². The van der Waals surface area contributed by atoms with Crippen molar-refractivity contribution < 1.29 is 0 Å². The van der Waals surface area contributed by atoms with Crippen LogP contribution in [0.4, 0.5) is 0 Å². The van der Waals surface area contributed by atoms with E-state index in [9.17, 15) is 10.5 Å². The summed E-state index contributed by atoms with van der Waals surface area (Å²) in [7, 11) is 0. The van der Waals surface area contributed by atoms with E-state index < -0.39 is 0 Å². The van der Waals surface area contributed by atoms with Crippen LogP contribution in [0.2, 0.25) is 0 Å². The lowest BCUT2D eigenvalue weighted by molar-refractivity contribution is 1.18. The quantitative estimate of drug-likeness (QED) is 0.149. The molecule has 0 spiro atoms. The Hall–Kier alpha value is -13.6. The number of rotatable bonds is 7. The van der Waals surface area contributed by atoms with Crippen molar-refractivity contribution in [2.24, 2.45) is 0 Å². The Bertz CT molecular complexity index is 6990. The summed E-state index contributed by atoms with van der Waals surface area (Å²) in [4.78, 5) is 0. The van der Waals surface area contributed by atoms with Crippen LogP contribution < -0.4 is 0 Å². The van der Waals surface area contributed by atoms with Crippen LogP contribution in [-0.2, 0) is 0 Å². The van der Waals surface area contributed by atoms with Crippen LogP contribution in [0.15, 0.2) is 340 Å². The molecule has 0 atom stereocenters.